The number of hydrazone groups is 1. The second kappa shape index (κ2) is 11.2. The van der Waals surface area contributed by atoms with Crippen molar-refractivity contribution in [2.75, 3.05) is 11.9 Å². The molecule has 0 aliphatic rings. The Hall–Kier alpha value is -3.10. The fraction of sp³-hybridized carbons (Fsp3) is 0.200. The highest BCUT2D eigenvalue weighted by atomic mass is 35.5. The number of carbonyl (C=O) groups excluding carboxylic acids is 3. The van der Waals surface area contributed by atoms with Gasteiger partial charge in [0, 0.05) is 6.04 Å². The Balaban J connectivity index is 1.81. The molecule has 2 rings (SSSR count). The molecular formula is C20H20Cl2N4O4. The van der Waals surface area contributed by atoms with Gasteiger partial charge in [0.2, 0.25) is 0 Å². The van der Waals surface area contributed by atoms with Crippen molar-refractivity contribution in [3.05, 3.63) is 58.1 Å². The lowest BCUT2D eigenvalue weighted by atomic mass is 10.2. The van der Waals surface area contributed by atoms with Gasteiger partial charge in [-0.25, -0.2) is 5.43 Å². The van der Waals surface area contributed by atoms with Gasteiger partial charge in [-0.3, -0.25) is 14.4 Å². The molecule has 2 aromatic carbocycles. The highest BCUT2D eigenvalue weighted by Crippen LogP contribution is 2.29. The number of anilines is 1. The van der Waals surface area contributed by atoms with E-state index in [1.807, 2.05) is 0 Å². The number of nitrogens with one attached hydrogen (secondary N) is 3. The van der Waals surface area contributed by atoms with E-state index in [4.69, 9.17) is 27.9 Å². The minimum atomic E-state index is -0.856. The molecule has 0 heterocycles. The third-order valence-corrected chi connectivity index (χ3v) is 4.30. The van der Waals surface area contributed by atoms with Gasteiger partial charge in [-0.15, -0.1) is 0 Å². The Kier molecular flexibility index (Phi) is 8.64. The van der Waals surface area contributed by atoms with Gasteiger partial charge in [0.05, 0.1) is 21.9 Å². The molecule has 3 N–H and O–H groups in total. The number of rotatable bonds is 7. The van der Waals surface area contributed by atoms with E-state index in [9.17, 15) is 14.4 Å². The zero-order valence-electron chi connectivity index (χ0n) is 16.2. The van der Waals surface area contributed by atoms with Crippen LogP contribution in [-0.2, 0) is 14.4 Å². The zero-order chi connectivity index (χ0) is 22.1. The average molecular weight is 451 g/mol. The topological polar surface area (TPSA) is 109 Å². The molecule has 0 spiro atoms. The van der Waals surface area contributed by atoms with Crippen LogP contribution in [0.1, 0.15) is 19.4 Å². The molecule has 0 aliphatic heterocycles. The van der Waals surface area contributed by atoms with Crippen LogP contribution in [-0.4, -0.2) is 36.6 Å². The largest absolute Gasteiger partial charge is 0.484 e. The van der Waals surface area contributed by atoms with Crippen LogP contribution in [0.3, 0.4) is 0 Å². The number of nitrogens with zero attached hydrogens (tertiary/aromatic N) is 1. The summed E-state index contributed by atoms with van der Waals surface area (Å²) >= 11 is 11.9. The Labute approximate surface area is 183 Å². The molecule has 0 atom stereocenters. The monoisotopic (exact) mass is 450 g/mol. The first-order valence-corrected chi connectivity index (χ1v) is 9.62. The Morgan fingerprint density at radius 3 is 2.43 bits per heavy atom. The van der Waals surface area contributed by atoms with E-state index in [2.05, 4.69) is 21.2 Å². The molecule has 0 bridgehead atoms. The smallest absolute Gasteiger partial charge is 0.329 e. The third-order valence-electron chi connectivity index (χ3n) is 3.48. The average Bonchev–Trinajstić information content (AvgIpc) is 2.70. The van der Waals surface area contributed by atoms with E-state index in [0.717, 1.165) is 0 Å². The van der Waals surface area contributed by atoms with Crippen molar-refractivity contribution < 1.29 is 19.1 Å². The van der Waals surface area contributed by atoms with Gasteiger partial charge in [0.25, 0.3) is 5.91 Å². The quantitative estimate of drug-likeness (QED) is 0.342. The predicted octanol–water partition coefficient (Wildman–Crippen LogP) is 2.99. The molecule has 30 heavy (non-hydrogen) atoms. The number of ether oxygens (including phenoxy) is 1. The molecule has 10 heteroatoms. The Bertz CT molecular complexity index is 946. The minimum Gasteiger partial charge on any atom is -0.484 e. The summed E-state index contributed by atoms with van der Waals surface area (Å²) in [5, 5.41) is 9.39. The van der Waals surface area contributed by atoms with Crippen molar-refractivity contribution in [3.8, 4) is 5.75 Å². The summed E-state index contributed by atoms with van der Waals surface area (Å²) in [6, 6.07) is 11.4. The van der Waals surface area contributed by atoms with Crippen molar-refractivity contribution in [3.63, 3.8) is 0 Å². The molecule has 0 fully saturated rings. The number of amides is 3. The van der Waals surface area contributed by atoms with E-state index in [1.54, 1.807) is 56.3 Å². The second-order valence-electron chi connectivity index (χ2n) is 6.33. The molecule has 158 valence electrons. The summed E-state index contributed by atoms with van der Waals surface area (Å²) in [5.74, 6) is -1.55. The highest BCUT2D eigenvalue weighted by molar-refractivity contribution is 6.44. The Morgan fingerprint density at radius 2 is 1.77 bits per heavy atom. The minimum absolute atomic E-state index is 0.149. The summed E-state index contributed by atoms with van der Waals surface area (Å²) in [6.45, 7) is 3.26. The normalized spacial score (nSPS) is 10.7. The van der Waals surface area contributed by atoms with Crippen molar-refractivity contribution in [1.82, 2.24) is 10.7 Å². The third kappa shape index (κ3) is 7.38. The van der Waals surface area contributed by atoms with Crippen LogP contribution in [0.2, 0.25) is 10.0 Å². The summed E-state index contributed by atoms with van der Waals surface area (Å²) in [7, 11) is 0. The molecule has 0 unspecified atom stereocenters. The maximum atomic E-state index is 12.0. The molecule has 3 amide bonds. The lowest BCUT2D eigenvalue weighted by Crippen LogP contribution is -2.41. The van der Waals surface area contributed by atoms with Crippen LogP contribution < -0.4 is 20.8 Å². The van der Waals surface area contributed by atoms with Gasteiger partial charge in [0.15, 0.2) is 6.61 Å². The van der Waals surface area contributed by atoms with Crippen molar-refractivity contribution in [1.29, 1.82) is 0 Å². The van der Waals surface area contributed by atoms with Crippen LogP contribution in [0.4, 0.5) is 5.69 Å². The van der Waals surface area contributed by atoms with Crippen molar-refractivity contribution >= 4 is 52.8 Å². The van der Waals surface area contributed by atoms with Gasteiger partial charge in [-0.2, -0.15) is 5.10 Å². The van der Waals surface area contributed by atoms with Crippen molar-refractivity contribution in [2.45, 2.75) is 19.9 Å². The van der Waals surface area contributed by atoms with Gasteiger partial charge in [0.1, 0.15) is 5.75 Å². The van der Waals surface area contributed by atoms with E-state index >= 15 is 0 Å². The van der Waals surface area contributed by atoms with Gasteiger partial charge in [-0.05, 0) is 55.8 Å². The zero-order valence-corrected chi connectivity index (χ0v) is 17.8. The fourth-order valence-electron chi connectivity index (χ4n) is 2.13. The molecule has 0 aromatic heterocycles. The molecule has 0 aliphatic carbocycles. The number of carbonyl (C=O) groups is 3. The van der Waals surface area contributed by atoms with Gasteiger partial charge in [-0.1, -0.05) is 29.3 Å². The summed E-state index contributed by atoms with van der Waals surface area (Å²) in [4.78, 5) is 35.0. The van der Waals surface area contributed by atoms with E-state index < -0.39 is 17.7 Å². The van der Waals surface area contributed by atoms with Crippen LogP contribution in [0, 0.1) is 0 Å². The first kappa shape index (κ1) is 23.2. The summed E-state index contributed by atoms with van der Waals surface area (Å²) in [6.07, 6.45) is 1.37. The Morgan fingerprint density at radius 1 is 1.07 bits per heavy atom. The fourth-order valence-corrected chi connectivity index (χ4v) is 2.48. The standard InChI is InChI=1S/C20H20Cl2N4O4/c1-12(2)24-19(28)20(29)26-23-10-13-6-8-14(9-7-13)30-11-17(27)25-16-5-3-4-15(21)18(16)22/h3-10,12H,11H2,1-2H3,(H,24,28)(H,25,27)(H,26,29)/b23-10-. The maximum absolute atomic E-state index is 12.0. The van der Waals surface area contributed by atoms with Crippen LogP contribution in [0.15, 0.2) is 47.6 Å². The highest BCUT2D eigenvalue weighted by Gasteiger charge is 2.13. The lowest BCUT2D eigenvalue weighted by molar-refractivity contribution is -0.139. The molecule has 0 radical (unpaired) electrons. The molecule has 2 aromatic rings. The lowest BCUT2D eigenvalue weighted by Gasteiger charge is -2.09. The summed E-state index contributed by atoms with van der Waals surface area (Å²) < 4.78 is 5.42. The first-order chi connectivity index (χ1) is 14.3. The van der Waals surface area contributed by atoms with Crippen LogP contribution in [0.5, 0.6) is 5.75 Å². The SMILES string of the molecule is CC(C)NC(=O)C(=O)N/N=C\c1ccc(OCC(=O)Nc2cccc(Cl)c2Cl)cc1. The molecule has 0 saturated heterocycles. The first-order valence-electron chi connectivity index (χ1n) is 8.87. The van der Waals surface area contributed by atoms with E-state index in [0.29, 0.717) is 22.0 Å². The maximum Gasteiger partial charge on any atom is 0.329 e. The molecule has 8 nitrogen and oxygen atoms in total. The molecular weight excluding hydrogens is 431 g/mol. The van der Waals surface area contributed by atoms with Crippen LogP contribution in [0.25, 0.3) is 0 Å². The number of hydrogen-bond acceptors (Lipinski definition) is 5. The van der Waals surface area contributed by atoms with E-state index in [-0.39, 0.29) is 17.7 Å². The predicted molar refractivity (Wildman–Crippen MR) is 116 cm³/mol. The van der Waals surface area contributed by atoms with Crippen molar-refractivity contribution in [2.24, 2.45) is 5.10 Å². The molecule has 0 saturated carbocycles. The van der Waals surface area contributed by atoms with Gasteiger partial charge >= 0.3 is 11.8 Å². The summed E-state index contributed by atoms with van der Waals surface area (Å²) in [5.41, 5.74) is 3.19. The second-order valence-corrected chi connectivity index (χ2v) is 7.12. The van der Waals surface area contributed by atoms with Crippen LogP contribution >= 0.6 is 23.2 Å². The number of hydrogen-bond donors (Lipinski definition) is 3. The van der Waals surface area contributed by atoms with Gasteiger partial charge < -0.3 is 15.4 Å². The number of benzene rings is 2. The number of halogens is 2. The van der Waals surface area contributed by atoms with E-state index in [1.165, 1.54) is 6.21 Å².